The predicted molar refractivity (Wildman–Crippen MR) is 73.7 cm³/mol. The van der Waals surface area contributed by atoms with Crippen LogP contribution >= 0.6 is 0 Å². The number of aromatic nitrogens is 4. The summed E-state index contributed by atoms with van der Waals surface area (Å²) >= 11 is 0. The van der Waals surface area contributed by atoms with Gasteiger partial charge in [0.1, 0.15) is 30.2 Å². The number of aliphatic hydroxyl groups excluding tert-OH is 3. The van der Waals surface area contributed by atoms with Gasteiger partial charge >= 0.3 is 0 Å². The Balaban J connectivity index is 2.09. The van der Waals surface area contributed by atoms with Crippen molar-refractivity contribution in [3.8, 4) is 12.3 Å². The van der Waals surface area contributed by atoms with Crippen molar-refractivity contribution in [2.24, 2.45) is 0 Å². The minimum absolute atomic E-state index is 0.180. The molecule has 0 amide bonds. The van der Waals surface area contributed by atoms with Gasteiger partial charge < -0.3 is 25.6 Å². The molecule has 2 aromatic rings. The molecule has 0 aliphatic heterocycles. The number of nitrogen functional groups attached to an aromatic ring is 1. The fourth-order valence-corrected chi connectivity index (χ4v) is 2.46. The third kappa shape index (κ3) is 1.95. The molecule has 1 aliphatic carbocycles. The van der Waals surface area contributed by atoms with Crippen molar-refractivity contribution in [1.29, 1.82) is 0 Å². The summed E-state index contributed by atoms with van der Waals surface area (Å²) in [6.45, 7) is 0. The Kier molecular flexibility index (Phi) is 3.10. The first-order valence-corrected chi connectivity index (χ1v) is 6.19. The second-order valence-electron chi connectivity index (χ2n) is 4.74. The molecule has 3 rings (SSSR count). The molecular weight excluding hydrogens is 274 g/mol. The highest BCUT2D eigenvalue weighted by molar-refractivity contribution is 5.81. The topological polar surface area (TPSA) is 130 Å². The summed E-state index contributed by atoms with van der Waals surface area (Å²) in [5, 5.41) is 29.8. The molecule has 2 aromatic heterocycles. The zero-order valence-electron chi connectivity index (χ0n) is 10.8. The molecule has 21 heavy (non-hydrogen) atoms. The monoisotopic (exact) mass is 287 g/mol. The van der Waals surface area contributed by atoms with Crippen LogP contribution < -0.4 is 5.73 Å². The third-order valence-corrected chi connectivity index (χ3v) is 3.56. The van der Waals surface area contributed by atoms with Crippen LogP contribution in [0.15, 0.2) is 24.3 Å². The Morgan fingerprint density at radius 3 is 2.81 bits per heavy atom. The average molecular weight is 287 g/mol. The molecule has 0 aromatic carbocycles. The maximum absolute atomic E-state index is 10.2. The van der Waals surface area contributed by atoms with E-state index in [0.717, 1.165) is 0 Å². The van der Waals surface area contributed by atoms with Crippen molar-refractivity contribution in [1.82, 2.24) is 19.5 Å². The summed E-state index contributed by atoms with van der Waals surface area (Å²) in [7, 11) is 0. The molecule has 0 radical (unpaired) electrons. The van der Waals surface area contributed by atoms with Crippen molar-refractivity contribution in [2.75, 3.05) is 5.73 Å². The summed E-state index contributed by atoms with van der Waals surface area (Å²) in [5.41, 5.74) is 6.71. The van der Waals surface area contributed by atoms with Crippen LogP contribution in [0.3, 0.4) is 0 Å². The lowest BCUT2D eigenvalue weighted by molar-refractivity contribution is 0.0259. The highest BCUT2D eigenvalue weighted by Gasteiger charge is 2.38. The second-order valence-corrected chi connectivity index (χ2v) is 4.74. The Morgan fingerprint density at radius 2 is 2.10 bits per heavy atom. The molecule has 0 saturated carbocycles. The number of imidazole rings is 1. The molecule has 1 aliphatic rings. The summed E-state index contributed by atoms with van der Waals surface area (Å²) in [6, 6.07) is -0.655. The van der Waals surface area contributed by atoms with E-state index in [0.29, 0.717) is 11.2 Å². The molecule has 108 valence electrons. The highest BCUT2D eigenvalue weighted by Crippen LogP contribution is 2.33. The van der Waals surface area contributed by atoms with Crippen molar-refractivity contribution < 1.29 is 15.3 Å². The number of nitrogens with zero attached hydrogens (tertiary/aromatic N) is 4. The van der Waals surface area contributed by atoms with Gasteiger partial charge in [0.25, 0.3) is 0 Å². The molecule has 2 heterocycles. The van der Waals surface area contributed by atoms with Crippen LogP contribution in [-0.2, 0) is 0 Å². The van der Waals surface area contributed by atoms with Crippen LogP contribution in [-0.4, -0.2) is 53.2 Å². The fraction of sp³-hybridized carbons (Fsp3) is 0.308. The number of aliphatic hydroxyl groups is 3. The van der Waals surface area contributed by atoms with Gasteiger partial charge in [-0.2, -0.15) is 0 Å². The van der Waals surface area contributed by atoms with Crippen LogP contribution in [0.25, 0.3) is 11.2 Å². The normalized spacial score (nSPS) is 26.6. The number of rotatable bonds is 2. The maximum atomic E-state index is 10.2. The number of hydrogen-bond acceptors (Lipinski definition) is 7. The van der Waals surface area contributed by atoms with Crippen LogP contribution in [0.5, 0.6) is 0 Å². The Bertz CT molecular complexity index is 763. The van der Waals surface area contributed by atoms with Crippen LogP contribution in [0, 0.1) is 12.3 Å². The smallest absolute Gasteiger partial charge is 0.166 e. The van der Waals surface area contributed by atoms with Crippen LogP contribution in [0.1, 0.15) is 6.04 Å². The van der Waals surface area contributed by atoms with Gasteiger partial charge in [-0.1, -0.05) is 12.0 Å². The fourth-order valence-electron chi connectivity index (χ4n) is 2.46. The lowest BCUT2D eigenvalue weighted by Gasteiger charge is -2.19. The van der Waals surface area contributed by atoms with Gasteiger partial charge in [0.2, 0.25) is 0 Å². The first kappa shape index (κ1) is 13.5. The van der Waals surface area contributed by atoms with E-state index in [2.05, 4.69) is 20.9 Å². The van der Waals surface area contributed by atoms with Gasteiger partial charge in [0.05, 0.1) is 12.4 Å². The van der Waals surface area contributed by atoms with E-state index >= 15 is 0 Å². The maximum Gasteiger partial charge on any atom is 0.166 e. The minimum atomic E-state index is -1.26. The van der Waals surface area contributed by atoms with Crippen LogP contribution in [0.4, 0.5) is 5.82 Å². The number of terminal acetylenes is 1. The first-order valence-electron chi connectivity index (χ1n) is 6.19. The molecule has 8 nitrogen and oxygen atoms in total. The van der Waals surface area contributed by atoms with Gasteiger partial charge in [-0.15, -0.1) is 6.42 Å². The minimum Gasteiger partial charge on any atom is -0.388 e. The number of hydrogen-bond donors (Lipinski definition) is 4. The third-order valence-electron chi connectivity index (χ3n) is 3.56. The largest absolute Gasteiger partial charge is 0.388 e. The lowest BCUT2D eigenvalue weighted by atomic mass is 10.1. The zero-order valence-corrected chi connectivity index (χ0v) is 10.8. The molecule has 5 N–H and O–H groups in total. The lowest BCUT2D eigenvalue weighted by Crippen LogP contribution is -2.31. The van der Waals surface area contributed by atoms with Crippen molar-refractivity contribution >= 4 is 17.0 Å². The molecule has 0 saturated heterocycles. The van der Waals surface area contributed by atoms with E-state index < -0.39 is 24.4 Å². The molecule has 4 atom stereocenters. The molecule has 0 spiro atoms. The van der Waals surface area contributed by atoms with E-state index in [-0.39, 0.29) is 11.4 Å². The zero-order chi connectivity index (χ0) is 15.1. The van der Waals surface area contributed by atoms with Gasteiger partial charge in [-0.3, -0.25) is 0 Å². The van der Waals surface area contributed by atoms with Crippen molar-refractivity contribution in [3.05, 3.63) is 24.3 Å². The Morgan fingerprint density at radius 1 is 1.33 bits per heavy atom. The first-order chi connectivity index (χ1) is 10.0. The van der Waals surface area contributed by atoms with E-state index in [1.807, 2.05) is 0 Å². The van der Waals surface area contributed by atoms with Gasteiger partial charge in [-0.05, 0) is 5.57 Å². The van der Waals surface area contributed by atoms with Crippen molar-refractivity contribution in [3.63, 3.8) is 0 Å². The van der Waals surface area contributed by atoms with E-state index in [9.17, 15) is 15.3 Å². The van der Waals surface area contributed by atoms with Crippen LogP contribution in [0.2, 0.25) is 0 Å². The molecule has 0 unspecified atom stereocenters. The van der Waals surface area contributed by atoms with Gasteiger partial charge in [-0.25, -0.2) is 15.0 Å². The van der Waals surface area contributed by atoms with E-state index in [1.54, 1.807) is 4.57 Å². The second kappa shape index (κ2) is 4.82. The number of fused-ring (bicyclic) bond motifs is 1. The Hall–Kier alpha value is -2.47. The molecule has 0 fully saturated rings. The summed E-state index contributed by atoms with van der Waals surface area (Å²) < 4.78 is 1.55. The summed E-state index contributed by atoms with van der Waals surface area (Å²) in [4.78, 5) is 12.0. The molecule has 0 bridgehead atoms. The number of anilines is 1. The highest BCUT2D eigenvalue weighted by atomic mass is 16.3. The summed E-state index contributed by atoms with van der Waals surface area (Å²) in [5.74, 6) is 2.34. The molecular formula is C13H13N5O3. The predicted octanol–water partition coefficient (Wildman–Crippen LogP) is -1.39. The van der Waals surface area contributed by atoms with E-state index in [1.165, 1.54) is 18.7 Å². The number of nitrogens with two attached hydrogens (primary N) is 1. The van der Waals surface area contributed by atoms with Crippen molar-refractivity contribution in [2.45, 2.75) is 24.4 Å². The standard InChI is InChI=1S/C13H13N5O3/c1-2-8(19)6-3-7(11(21)10(6)20)18-5-17-9-12(14)15-4-16-13(9)18/h1,3-5,7-8,10-11,19-21H,(H2,14,15,16)/t7-,8+,10-,11+/m1/s1. The SMILES string of the molecule is C#C[C@H](O)C1=C[C@@H](n2cnc3c(N)ncnc32)[C@H](O)[C@@H]1O. The summed E-state index contributed by atoms with van der Waals surface area (Å²) in [6.07, 6.45) is 5.71. The Labute approximate surface area is 119 Å². The quantitative estimate of drug-likeness (QED) is 0.395. The molecule has 8 heteroatoms. The average Bonchev–Trinajstić information content (AvgIpc) is 3.02. The van der Waals surface area contributed by atoms with Gasteiger partial charge in [0, 0.05) is 0 Å². The van der Waals surface area contributed by atoms with E-state index in [4.69, 9.17) is 12.2 Å². The van der Waals surface area contributed by atoms with Gasteiger partial charge in [0.15, 0.2) is 11.5 Å².